The summed E-state index contributed by atoms with van der Waals surface area (Å²) in [6, 6.07) is 10.9. The van der Waals surface area contributed by atoms with E-state index < -0.39 is 5.97 Å². The molecule has 0 spiro atoms. The van der Waals surface area contributed by atoms with Gasteiger partial charge in [-0.2, -0.15) is 0 Å². The molecule has 1 fully saturated rings. The van der Waals surface area contributed by atoms with E-state index >= 15 is 0 Å². The molecule has 4 rings (SSSR count). The van der Waals surface area contributed by atoms with Gasteiger partial charge in [0.1, 0.15) is 10.6 Å². The number of aryl methyl sites for hydroxylation is 1. The molecule has 3 aromatic rings. The first-order valence-corrected chi connectivity index (χ1v) is 10.3. The monoisotopic (exact) mass is 464 g/mol. The summed E-state index contributed by atoms with van der Waals surface area (Å²) >= 11 is 10.6. The predicted octanol–water partition coefficient (Wildman–Crippen LogP) is 6.15. The lowest BCUT2D eigenvalue weighted by molar-refractivity contribution is 0.0734. The van der Waals surface area contributed by atoms with Crippen molar-refractivity contribution in [2.24, 2.45) is 0 Å². The molecule has 0 atom stereocenters. The van der Waals surface area contributed by atoms with E-state index in [2.05, 4.69) is 32.2 Å². The molecule has 0 N–H and O–H groups in total. The third kappa shape index (κ3) is 4.15. The lowest BCUT2D eigenvalue weighted by Crippen LogP contribution is -2.08. The number of rotatable bonds is 5. The molecular formula is C19H14BrClN2O3S. The van der Waals surface area contributed by atoms with Crippen LogP contribution in [0.4, 0.5) is 0 Å². The van der Waals surface area contributed by atoms with Gasteiger partial charge in [-0.1, -0.05) is 29.8 Å². The smallest absolute Gasteiger partial charge is 0.353 e. The van der Waals surface area contributed by atoms with Gasteiger partial charge in [0.2, 0.25) is 0 Å². The summed E-state index contributed by atoms with van der Waals surface area (Å²) in [6.07, 6.45) is 2.28. The summed E-state index contributed by atoms with van der Waals surface area (Å²) in [5.41, 5.74) is 2.11. The number of ether oxygens (including phenoxy) is 2. The van der Waals surface area contributed by atoms with Crippen molar-refractivity contribution >= 4 is 44.8 Å². The van der Waals surface area contributed by atoms with Crippen LogP contribution in [0.5, 0.6) is 17.4 Å². The molecule has 0 amide bonds. The molecule has 0 bridgehead atoms. The second kappa shape index (κ2) is 7.58. The van der Waals surface area contributed by atoms with Gasteiger partial charge in [-0.15, -0.1) is 21.5 Å². The largest absolute Gasteiger partial charge is 0.434 e. The van der Waals surface area contributed by atoms with Crippen LogP contribution in [0, 0.1) is 6.92 Å². The molecular weight excluding hydrogens is 452 g/mol. The van der Waals surface area contributed by atoms with Crippen LogP contribution in [0.15, 0.2) is 40.2 Å². The van der Waals surface area contributed by atoms with Gasteiger partial charge in [-0.05, 0) is 64.9 Å². The number of hydrogen-bond acceptors (Lipinski definition) is 6. The standard InChI is InChI=1S/C19H14BrClN2O3S/c1-10-3-2-4-12(11-5-6-11)17(10)26-18-13(9-16(21)22-23-18)25-19(24)14-7-8-15(20)27-14/h2-4,7-9,11H,5-6H2,1H3. The van der Waals surface area contributed by atoms with Crippen LogP contribution in [0.2, 0.25) is 5.15 Å². The van der Waals surface area contributed by atoms with Gasteiger partial charge in [0, 0.05) is 6.07 Å². The molecule has 2 aromatic heterocycles. The maximum absolute atomic E-state index is 12.4. The van der Waals surface area contributed by atoms with Crippen LogP contribution in [-0.4, -0.2) is 16.2 Å². The Bertz CT molecular complexity index is 1020. The zero-order valence-corrected chi connectivity index (χ0v) is 17.4. The fraction of sp³-hybridized carbons (Fsp3) is 0.211. The van der Waals surface area contributed by atoms with E-state index in [9.17, 15) is 4.79 Å². The zero-order chi connectivity index (χ0) is 19.0. The van der Waals surface area contributed by atoms with Crippen molar-refractivity contribution in [3.05, 3.63) is 61.3 Å². The molecule has 27 heavy (non-hydrogen) atoms. The molecule has 138 valence electrons. The molecule has 5 nitrogen and oxygen atoms in total. The number of carbonyl (C=O) groups excluding carboxylic acids is 1. The average molecular weight is 466 g/mol. The van der Waals surface area contributed by atoms with Gasteiger partial charge in [0.05, 0.1) is 3.79 Å². The first-order chi connectivity index (χ1) is 13.0. The number of aromatic nitrogens is 2. The maximum Gasteiger partial charge on any atom is 0.353 e. The Morgan fingerprint density at radius 1 is 1.26 bits per heavy atom. The summed E-state index contributed by atoms with van der Waals surface area (Å²) < 4.78 is 12.4. The predicted molar refractivity (Wildman–Crippen MR) is 107 cm³/mol. The summed E-state index contributed by atoms with van der Waals surface area (Å²) in [5.74, 6) is 0.961. The first-order valence-electron chi connectivity index (χ1n) is 8.29. The van der Waals surface area contributed by atoms with Crippen LogP contribution in [0.1, 0.15) is 39.6 Å². The van der Waals surface area contributed by atoms with Crippen molar-refractivity contribution in [1.29, 1.82) is 0 Å². The second-order valence-electron chi connectivity index (χ2n) is 6.20. The SMILES string of the molecule is Cc1cccc(C2CC2)c1Oc1nnc(Cl)cc1OC(=O)c1ccc(Br)s1. The van der Waals surface area contributed by atoms with Gasteiger partial charge in [0.15, 0.2) is 10.9 Å². The van der Waals surface area contributed by atoms with E-state index in [-0.39, 0.29) is 16.8 Å². The van der Waals surface area contributed by atoms with Gasteiger partial charge >= 0.3 is 5.97 Å². The molecule has 0 unspecified atom stereocenters. The number of benzene rings is 1. The number of esters is 1. The normalized spacial score (nSPS) is 13.4. The molecule has 1 saturated carbocycles. The maximum atomic E-state index is 12.4. The highest BCUT2D eigenvalue weighted by atomic mass is 79.9. The quantitative estimate of drug-likeness (QED) is 0.423. The van der Waals surface area contributed by atoms with Crippen molar-refractivity contribution in [3.8, 4) is 17.4 Å². The number of carbonyl (C=O) groups is 1. The molecule has 0 radical (unpaired) electrons. The van der Waals surface area contributed by atoms with Gasteiger partial charge < -0.3 is 9.47 Å². The third-order valence-electron chi connectivity index (χ3n) is 4.13. The number of para-hydroxylation sites is 1. The second-order valence-corrected chi connectivity index (χ2v) is 9.05. The lowest BCUT2D eigenvalue weighted by Gasteiger charge is -2.14. The highest BCUT2D eigenvalue weighted by molar-refractivity contribution is 9.11. The average Bonchev–Trinajstić information content (AvgIpc) is 3.39. The van der Waals surface area contributed by atoms with Crippen molar-refractivity contribution < 1.29 is 14.3 Å². The van der Waals surface area contributed by atoms with Crippen molar-refractivity contribution in [2.75, 3.05) is 0 Å². The Hall–Kier alpha value is -1.96. The van der Waals surface area contributed by atoms with E-state index in [0.717, 1.165) is 33.5 Å². The molecule has 1 aliphatic carbocycles. The van der Waals surface area contributed by atoms with Crippen LogP contribution < -0.4 is 9.47 Å². The Kier molecular flexibility index (Phi) is 5.16. The van der Waals surface area contributed by atoms with Crippen LogP contribution in [0.25, 0.3) is 0 Å². The van der Waals surface area contributed by atoms with Gasteiger partial charge in [-0.3, -0.25) is 0 Å². The minimum atomic E-state index is -0.508. The van der Waals surface area contributed by atoms with Crippen LogP contribution >= 0.6 is 38.9 Å². The fourth-order valence-corrected chi connectivity index (χ4v) is 4.09. The molecule has 0 saturated heterocycles. The minimum Gasteiger partial charge on any atom is -0.434 e. The van der Waals surface area contributed by atoms with Crippen LogP contribution in [-0.2, 0) is 0 Å². The van der Waals surface area contributed by atoms with Crippen LogP contribution in [0.3, 0.4) is 0 Å². The van der Waals surface area contributed by atoms with Gasteiger partial charge in [-0.25, -0.2) is 4.79 Å². The number of halogens is 2. The summed E-state index contributed by atoms with van der Waals surface area (Å²) in [6.45, 7) is 1.97. The molecule has 8 heteroatoms. The van der Waals surface area contributed by atoms with Crippen molar-refractivity contribution in [1.82, 2.24) is 10.2 Å². The summed E-state index contributed by atoms with van der Waals surface area (Å²) in [7, 11) is 0. The minimum absolute atomic E-state index is 0.111. The number of thiophene rings is 1. The Morgan fingerprint density at radius 3 is 2.78 bits per heavy atom. The van der Waals surface area contributed by atoms with E-state index in [1.54, 1.807) is 12.1 Å². The van der Waals surface area contributed by atoms with E-state index in [4.69, 9.17) is 21.1 Å². The van der Waals surface area contributed by atoms with Crippen molar-refractivity contribution in [2.45, 2.75) is 25.7 Å². The highest BCUT2D eigenvalue weighted by Crippen LogP contribution is 2.47. The zero-order valence-electron chi connectivity index (χ0n) is 14.2. The number of hydrogen-bond donors (Lipinski definition) is 0. The molecule has 2 heterocycles. The summed E-state index contributed by atoms with van der Waals surface area (Å²) in [5, 5.41) is 7.95. The van der Waals surface area contributed by atoms with E-state index in [1.807, 2.05) is 19.1 Å². The topological polar surface area (TPSA) is 61.3 Å². The number of nitrogens with zero attached hydrogens (tertiary/aromatic N) is 2. The lowest BCUT2D eigenvalue weighted by atomic mass is 10.1. The molecule has 1 aliphatic rings. The first kappa shape index (κ1) is 18.4. The molecule has 0 aliphatic heterocycles. The third-order valence-corrected chi connectivity index (χ3v) is 5.92. The van der Waals surface area contributed by atoms with E-state index in [1.165, 1.54) is 17.4 Å². The summed E-state index contributed by atoms with van der Waals surface area (Å²) in [4.78, 5) is 12.9. The highest BCUT2D eigenvalue weighted by Gasteiger charge is 2.28. The fourth-order valence-electron chi connectivity index (χ4n) is 2.69. The van der Waals surface area contributed by atoms with Gasteiger partial charge in [0.25, 0.3) is 5.88 Å². The Balaban J connectivity index is 1.65. The van der Waals surface area contributed by atoms with E-state index in [0.29, 0.717) is 10.8 Å². The Labute approximate surface area is 173 Å². The Morgan fingerprint density at radius 2 is 2.07 bits per heavy atom. The van der Waals surface area contributed by atoms with Crippen molar-refractivity contribution in [3.63, 3.8) is 0 Å². The molecule has 1 aromatic carbocycles.